The van der Waals surface area contributed by atoms with Gasteiger partial charge in [-0.05, 0) is 18.6 Å². The lowest BCUT2D eigenvalue weighted by Crippen LogP contribution is -2.02. The number of aromatic nitrogens is 2. The number of imidazole rings is 1. The van der Waals surface area contributed by atoms with E-state index in [1.807, 2.05) is 12.1 Å². The molecule has 0 aliphatic carbocycles. The lowest BCUT2D eigenvalue weighted by Gasteiger charge is -2.07. The highest BCUT2D eigenvalue weighted by Crippen LogP contribution is 2.23. The summed E-state index contributed by atoms with van der Waals surface area (Å²) in [6.07, 6.45) is 3.62. The fourth-order valence-electron chi connectivity index (χ4n) is 2.16. The van der Waals surface area contributed by atoms with E-state index in [1.54, 1.807) is 7.11 Å². The predicted molar refractivity (Wildman–Crippen MR) is 75.4 cm³/mol. The van der Waals surface area contributed by atoms with Crippen LogP contribution in [0.3, 0.4) is 0 Å². The monoisotopic (exact) mass is 266 g/mol. The SMILES string of the molecule is CCCCCn1c(CCl)nc2cc(OC)ccc21. The summed E-state index contributed by atoms with van der Waals surface area (Å²) in [4.78, 5) is 4.57. The molecule has 2 rings (SSSR count). The Morgan fingerprint density at radius 2 is 2.17 bits per heavy atom. The summed E-state index contributed by atoms with van der Waals surface area (Å²) in [6.45, 7) is 3.19. The molecule has 0 saturated heterocycles. The summed E-state index contributed by atoms with van der Waals surface area (Å²) in [5, 5.41) is 0. The zero-order valence-electron chi connectivity index (χ0n) is 10.9. The Bertz CT molecular complexity index is 522. The number of halogens is 1. The third-order valence-electron chi connectivity index (χ3n) is 3.14. The van der Waals surface area contributed by atoms with Crippen molar-refractivity contribution < 1.29 is 4.74 Å². The van der Waals surface area contributed by atoms with Crippen molar-refractivity contribution in [2.75, 3.05) is 7.11 Å². The fraction of sp³-hybridized carbons (Fsp3) is 0.500. The Kier molecular flexibility index (Phi) is 4.48. The summed E-state index contributed by atoms with van der Waals surface area (Å²) in [5.74, 6) is 2.22. The number of unbranched alkanes of at least 4 members (excludes halogenated alkanes) is 2. The molecule has 0 radical (unpaired) electrons. The molecule has 98 valence electrons. The Balaban J connectivity index is 2.36. The van der Waals surface area contributed by atoms with Crippen LogP contribution in [0.25, 0.3) is 11.0 Å². The van der Waals surface area contributed by atoms with Crippen LogP contribution in [-0.2, 0) is 12.4 Å². The number of hydrogen-bond acceptors (Lipinski definition) is 2. The summed E-state index contributed by atoms with van der Waals surface area (Å²) < 4.78 is 7.44. The van der Waals surface area contributed by atoms with Crippen molar-refractivity contribution in [2.24, 2.45) is 0 Å². The molecule has 1 aromatic carbocycles. The highest BCUT2D eigenvalue weighted by atomic mass is 35.5. The minimum absolute atomic E-state index is 0.448. The van der Waals surface area contributed by atoms with Crippen molar-refractivity contribution in [3.8, 4) is 5.75 Å². The third kappa shape index (κ3) is 2.61. The molecule has 0 spiro atoms. The van der Waals surface area contributed by atoms with Crippen molar-refractivity contribution in [3.05, 3.63) is 24.0 Å². The highest BCUT2D eigenvalue weighted by Gasteiger charge is 2.10. The number of aryl methyl sites for hydroxylation is 1. The number of nitrogens with zero attached hydrogens (tertiary/aromatic N) is 2. The number of alkyl halides is 1. The van der Waals surface area contributed by atoms with Gasteiger partial charge >= 0.3 is 0 Å². The average Bonchev–Trinajstić information content (AvgIpc) is 2.76. The summed E-state index contributed by atoms with van der Waals surface area (Å²) in [7, 11) is 1.67. The molecule has 0 N–H and O–H groups in total. The maximum Gasteiger partial charge on any atom is 0.124 e. The number of ether oxygens (including phenoxy) is 1. The van der Waals surface area contributed by atoms with E-state index in [0.29, 0.717) is 5.88 Å². The van der Waals surface area contributed by atoms with E-state index in [0.717, 1.165) is 35.6 Å². The molecule has 1 aromatic heterocycles. The van der Waals surface area contributed by atoms with Gasteiger partial charge in [-0.3, -0.25) is 0 Å². The van der Waals surface area contributed by atoms with Crippen molar-refractivity contribution >= 4 is 22.6 Å². The fourth-order valence-corrected chi connectivity index (χ4v) is 2.36. The van der Waals surface area contributed by atoms with E-state index in [9.17, 15) is 0 Å². The topological polar surface area (TPSA) is 27.1 Å². The van der Waals surface area contributed by atoms with Gasteiger partial charge < -0.3 is 9.30 Å². The Labute approximate surface area is 113 Å². The van der Waals surface area contributed by atoms with Crippen LogP contribution in [0.15, 0.2) is 18.2 Å². The molecule has 0 unspecified atom stereocenters. The molecule has 0 fully saturated rings. The van der Waals surface area contributed by atoms with Gasteiger partial charge in [0.1, 0.15) is 11.6 Å². The van der Waals surface area contributed by atoms with Crippen LogP contribution in [0, 0.1) is 0 Å². The van der Waals surface area contributed by atoms with E-state index in [1.165, 1.54) is 12.8 Å². The lowest BCUT2D eigenvalue weighted by molar-refractivity contribution is 0.415. The molecule has 0 aliphatic heterocycles. The average molecular weight is 267 g/mol. The van der Waals surface area contributed by atoms with E-state index in [2.05, 4.69) is 22.5 Å². The first-order chi connectivity index (χ1) is 8.80. The van der Waals surface area contributed by atoms with Gasteiger partial charge in [0.15, 0.2) is 0 Å². The van der Waals surface area contributed by atoms with Crippen LogP contribution in [0.2, 0.25) is 0 Å². The van der Waals surface area contributed by atoms with Gasteiger partial charge in [-0.2, -0.15) is 0 Å². The second kappa shape index (κ2) is 6.10. The smallest absolute Gasteiger partial charge is 0.124 e. The molecule has 0 aliphatic rings. The minimum atomic E-state index is 0.448. The second-order valence-corrected chi connectivity index (χ2v) is 4.64. The predicted octanol–water partition coefficient (Wildman–Crippen LogP) is 3.97. The Hall–Kier alpha value is -1.22. The molecule has 4 heteroatoms. The number of fused-ring (bicyclic) bond motifs is 1. The molecule has 2 aromatic rings. The summed E-state index contributed by atoms with van der Waals surface area (Å²) >= 11 is 5.98. The molecule has 3 nitrogen and oxygen atoms in total. The van der Waals surface area contributed by atoms with Crippen LogP contribution in [0.1, 0.15) is 32.0 Å². The largest absolute Gasteiger partial charge is 0.497 e. The number of hydrogen-bond donors (Lipinski definition) is 0. The number of methoxy groups -OCH3 is 1. The third-order valence-corrected chi connectivity index (χ3v) is 3.38. The summed E-state index contributed by atoms with van der Waals surface area (Å²) in [6, 6.07) is 5.99. The van der Waals surface area contributed by atoms with Gasteiger partial charge in [0, 0.05) is 12.6 Å². The number of rotatable bonds is 6. The molecule has 0 atom stereocenters. The minimum Gasteiger partial charge on any atom is -0.497 e. The molecule has 1 heterocycles. The van der Waals surface area contributed by atoms with Crippen molar-refractivity contribution in [2.45, 2.75) is 38.6 Å². The van der Waals surface area contributed by atoms with Crippen LogP contribution in [-0.4, -0.2) is 16.7 Å². The Morgan fingerprint density at radius 1 is 1.33 bits per heavy atom. The van der Waals surface area contributed by atoms with E-state index in [-0.39, 0.29) is 0 Å². The van der Waals surface area contributed by atoms with Gasteiger partial charge in [-0.1, -0.05) is 19.8 Å². The Morgan fingerprint density at radius 3 is 2.83 bits per heavy atom. The summed E-state index contributed by atoms with van der Waals surface area (Å²) in [5.41, 5.74) is 2.10. The van der Waals surface area contributed by atoms with Gasteiger partial charge in [-0.15, -0.1) is 11.6 Å². The van der Waals surface area contributed by atoms with Crippen LogP contribution in [0.4, 0.5) is 0 Å². The maximum absolute atomic E-state index is 5.98. The standard InChI is InChI=1S/C14H19ClN2O/c1-3-4-5-8-17-13-7-6-11(18-2)9-12(13)16-14(17)10-15/h6-7,9H,3-5,8,10H2,1-2H3. The van der Waals surface area contributed by atoms with Gasteiger partial charge in [0.05, 0.1) is 24.0 Å². The van der Waals surface area contributed by atoms with Gasteiger partial charge in [0.25, 0.3) is 0 Å². The second-order valence-electron chi connectivity index (χ2n) is 4.38. The molecule has 0 bridgehead atoms. The zero-order valence-corrected chi connectivity index (χ0v) is 11.7. The normalized spacial score (nSPS) is 11.1. The molecule has 18 heavy (non-hydrogen) atoms. The van der Waals surface area contributed by atoms with Crippen LogP contribution in [0.5, 0.6) is 5.75 Å². The molecular weight excluding hydrogens is 248 g/mol. The lowest BCUT2D eigenvalue weighted by atomic mass is 10.2. The van der Waals surface area contributed by atoms with Gasteiger partial charge in [0.2, 0.25) is 0 Å². The molecular formula is C14H19ClN2O. The quantitative estimate of drug-likeness (QED) is 0.584. The van der Waals surface area contributed by atoms with Crippen molar-refractivity contribution in [1.29, 1.82) is 0 Å². The van der Waals surface area contributed by atoms with E-state index >= 15 is 0 Å². The van der Waals surface area contributed by atoms with Crippen molar-refractivity contribution in [1.82, 2.24) is 9.55 Å². The maximum atomic E-state index is 5.98. The molecule has 0 saturated carbocycles. The first kappa shape index (κ1) is 13.2. The first-order valence-corrected chi connectivity index (χ1v) is 6.92. The van der Waals surface area contributed by atoms with E-state index in [4.69, 9.17) is 16.3 Å². The van der Waals surface area contributed by atoms with Crippen LogP contribution < -0.4 is 4.74 Å². The number of benzene rings is 1. The van der Waals surface area contributed by atoms with Crippen molar-refractivity contribution in [3.63, 3.8) is 0 Å². The first-order valence-electron chi connectivity index (χ1n) is 6.39. The van der Waals surface area contributed by atoms with Gasteiger partial charge in [-0.25, -0.2) is 4.98 Å². The zero-order chi connectivity index (χ0) is 13.0. The van der Waals surface area contributed by atoms with E-state index < -0.39 is 0 Å². The van der Waals surface area contributed by atoms with Crippen LogP contribution >= 0.6 is 11.6 Å². The molecule has 0 amide bonds. The highest BCUT2D eigenvalue weighted by molar-refractivity contribution is 6.16.